The number of aliphatic hydroxyl groups excluding tert-OH is 1. The molecule has 3 heteroatoms. The Morgan fingerprint density at radius 3 is 2.29 bits per heavy atom. The van der Waals surface area contributed by atoms with Gasteiger partial charge in [0, 0.05) is 18.9 Å². The van der Waals surface area contributed by atoms with Gasteiger partial charge in [-0.3, -0.25) is 4.79 Å². The SMILES string of the molecule is COC1CCC2(CC1)CC(=O)C(c1c(C)cc(C)c(C)c1C)=C2O. The molecule has 0 heterocycles. The van der Waals surface area contributed by atoms with Crippen molar-refractivity contribution < 1.29 is 14.6 Å². The van der Waals surface area contributed by atoms with E-state index in [1.165, 1.54) is 11.1 Å². The molecular weight excluding hydrogens is 300 g/mol. The standard InChI is InChI=1S/C21H28O3/c1-12-10-13(2)18(15(4)14(12)3)19-17(22)11-21(20(19)23)8-6-16(24-5)7-9-21/h10,16,23H,6-9,11H2,1-5H3. The minimum Gasteiger partial charge on any atom is -0.511 e. The number of hydrogen-bond acceptors (Lipinski definition) is 3. The van der Waals surface area contributed by atoms with Crippen LogP contribution in [0.2, 0.25) is 0 Å². The molecule has 0 radical (unpaired) electrons. The van der Waals surface area contributed by atoms with Gasteiger partial charge in [-0.1, -0.05) is 6.07 Å². The molecule has 130 valence electrons. The number of allylic oxidation sites excluding steroid dienone is 2. The molecule has 2 aliphatic carbocycles. The predicted octanol–water partition coefficient (Wildman–Crippen LogP) is 4.74. The van der Waals surface area contributed by atoms with Crippen molar-refractivity contribution in [1.29, 1.82) is 0 Å². The van der Waals surface area contributed by atoms with E-state index in [1.807, 2.05) is 6.92 Å². The molecule has 0 unspecified atom stereocenters. The minimum absolute atomic E-state index is 0.0952. The molecule has 1 fully saturated rings. The van der Waals surface area contributed by atoms with Crippen LogP contribution in [0.3, 0.4) is 0 Å². The van der Waals surface area contributed by atoms with E-state index in [0.717, 1.165) is 42.4 Å². The fourth-order valence-electron chi connectivity index (χ4n) is 4.60. The number of rotatable bonds is 2. The number of Topliss-reactive ketones (excluding diaryl/α,β-unsaturated/α-hetero) is 1. The van der Waals surface area contributed by atoms with Crippen molar-refractivity contribution in [2.75, 3.05) is 7.11 Å². The zero-order valence-electron chi connectivity index (χ0n) is 15.5. The predicted molar refractivity (Wildman–Crippen MR) is 96.3 cm³/mol. The van der Waals surface area contributed by atoms with Crippen LogP contribution in [0.1, 0.15) is 59.9 Å². The third-order valence-corrected chi connectivity index (χ3v) is 6.35. The summed E-state index contributed by atoms with van der Waals surface area (Å²) in [6.45, 7) is 8.28. The van der Waals surface area contributed by atoms with E-state index >= 15 is 0 Å². The van der Waals surface area contributed by atoms with Crippen LogP contribution in [0.15, 0.2) is 11.8 Å². The number of carbonyl (C=O) groups is 1. The maximum atomic E-state index is 12.9. The lowest BCUT2D eigenvalue weighted by molar-refractivity contribution is -0.115. The van der Waals surface area contributed by atoms with Gasteiger partial charge in [-0.15, -0.1) is 0 Å². The van der Waals surface area contributed by atoms with E-state index in [1.54, 1.807) is 7.11 Å². The summed E-state index contributed by atoms with van der Waals surface area (Å²) in [6, 6.07) is 2.12. The highest BCUT2D eigenvalue weighted by molar-refractivity contribution is 6.24. The van der Waals surface area contributed by atoms with Crippen LogP contribution in [-0.4, -0.2) is 24.1 Å². The third-order valence-electron chi connectivity index (χ3n) is 6.35. The summed E-state index contributed by atoms with van der Waals surface area (Å²) in [5.74, 6) is 0.425. The lowest BCUT2D eigenvalue weighted by atomic mass is 9.71. The van der Waals surface area contributed by atoms with Crippen LogP contribution in [-0.2, 0) is 9.53 Å². The third kappa shape index (κ3) is 2.50. The topological polar surface area (TPSA) is 46.5 Å². The molecule has 0 bridgehead atoms. The maximum absolute atomic E-state index is 12.9. The van der Waals surface area contributed by atoms with Gasteiger partial charge in [0.1, 0.15) is 5.76 Å². The highest BCUT2D eigenvalue weighted by atomic mass is 16.5. The minimum atomic E-state index is -0.362. The molecular formula is C21H28O3. The van der Waals surface area contributed by atoms with E-state index in [9.17, 15) is 9.90 Å². The average molecular weight is 328 g/mol. The van der Waals surface area contributed by atoms with E-state index < -0.39 is 0 Å². The van der Waals surface area contributed by atoms with Crippen LogP contribution in [0.5, 0.6) is 0 Å². The summed E-state index contributed by atoms with van der Waals surface area (Å²) in [5, 5.41) is 11.1. The van der Waals surface area contributed by atoms with Crippen LogP contribution in [0.4, 0.5) is 0 Å². The fraction of sp³-hybridized carbons (Fsp3) is 0.571. The number of carbonyl (C=O) groups excluding carboxylic acids is 1. The first-order valence-corrected chi connectivity index (χ1v) is 8.88. The lowest BCUT2D eigenvalue weighted by Crippen LogP contribution is -2.31. The first-order chi connectivity index (χ1) is 11.3. The van der Waals surface area contributed by atoms with Gasteiger partial charge < -0.3 is 9.84 Å². The monoisotopic (exact) mass is 328 g/mol. The molecule has 0 saturated heterocycles. The van der Waals surface area contributed by atoms with Crippen LogP contribution >= 0.6 is 0 Å². The second-order valence-corrected chi connectivity index (χ2v) is 7.67. The largest absolute Gasteiger partial charge is 0.511 e. The Balaban J connectivity index is 2.09. The summed E-state index contributed by atoms with van der Waals surface area (Å²) in [7, 11) is 1.74. The van der Waals surface area contributed by atoms with Crippen molar-refractivity contribution in [2.24, 2.45) is 5.41 Å². The highest BCUT2D eigenvalue weighted by Gasteiger charge is 2.48. The van der Waals surface area contributed by atoms with Gasteiger partial charge in [0.2, 0.25) is 0 Å². The lowest BCUT2D eigenvalue weighted by Gasteiger charge is -2.36. The molecule has 3 rings (SSSR count). The number of ketones is 1. The zero-order valence-corrected chi connectivity index (χ0v) is 15.5. The van der Waals surface area contributed by atoms with Crippen molar-refractivity contribution in [3.05, 3.63) is 39.6 Å². The van der Waals surface area contributed by atoms with Crippen molar-refractivity contribution in [3.63, 3.8) is 0 Å². The normalized spacial score (nSPS) is 27.4. The van der Waals surface area contributed by atoms with Gasteiger partial charge in [0.15, 0.2) is 5.78 Å². The number of aryl methyl sites for hydroxylation is 2. The Bertz CT molecular complexity index is 719. The number of ether oxygens (including phenoxy) is 1. The van der Waals surface area contributed by atoms with Gasteiger partial charge in [-0.25, -0.2) is 0 Å². The smallest absolute Gasteiger partial charge is 0.167 e. The summed E-state index contributed by atoms with van der Waals surface area (Å²) < 4.78 is 5.45. The van der Waals surface area contributed by atoms with Gasteiger partial charge in [0.25, 0.3) is 0 Å². The first-order valence-electron chi connectivity index (χ1n) is 8.88. The average Bonchev–Trinajstić information content (AvgIpc) is 2.78. The van der Waals surface area contributed by atoms with Crippen molar-refractivity contribution in [3.8, 4) is 0 Å². The van der Waals surface area contributed by atoms with Crippen LogP contribution in [0.25, 0.3) is 5.57 Å². The second-order valence-electron chi connectivity index (χ2n) is 7.67. The van der Waals surface area contributed by atoms with Gasteiger partial charge in [0.05, 0.1) is 11.7 Å². The molecule has 1 spiro atoms. The Hall–Kier alpha value is -1.61. The van der Waals surface area contributed by atoms with Gasteiger partial charge in [-0.2, -0.15) is 0 Å². The van der Waals surface area contributed by atoms with E-state index in [-0.39, 0.29) is 17.3 Å². The summed E-state index contributed by atoms with van der Waals surface area (Å²) >= 11 is 0. The Morgan fingerprint density at radius 2 is 1.71 bits per heavy atom. The number of benzene rings is 1. The molecule has 0 amide bonds. The molecule has 1 aromatic rings. The summed E-state index contributed by atoms with van der Waals surface area (Å²) in [6.07, 6.45) is 4.17. The Morgan fingerprint density at radius 1 is 1.08 bits per heavy atom. The molecule has 3 nitrogen and oxygen atoms in total. The van der Waals surface area contributed by atoms with Crippen LogP contribution in [0, 0.1) is 33.1 Å². The van der Waals surface area contributed by atoms with Crippen molar-refractivity contribution >= 4 is 11.4 Å². The summed E-state index contributed by atoms with van der Waals surface area (Å²) in [4.78, 5) is 12.9. The second kappa shape index (κ2) is 6.03. The summed E-state index contributed by atoms with van der Waals surface area (Å²) in [5.41, 5.74) is 5.79. The van der Waals surface area contributed by atoms with Gasteiger partial charge in [-0.05, 0) is 81.2 Å². The van der Waals surface area contributed by atoms with Gasteiger partial charge >= 0.3 is 0 Å². The highest BCUT2D eigenvalue weighted by Crippen LogP contribution is 2.53. The van der Waals surface area contributed by atoms with Crippen molar-refractivity contribution in [1.82, 2.24) is 0 Å². The molecule has 24 heavy (non-hydrogen) atoms. The molecule has 0 aliphatic heterocycles. The quantitative estimate of drug-likeness (QED) is 0.853. The fourth-order valence-corrected chi connectivity index (χ4v) is 4.60. The molecule has 1 saturated carbocycles. The molecule has 1 aromatic carbocycles. The van der Waals surface area contributed by atoms with Crippen LogP contribution < -0.4 is 0 Å². The van der Waals surface area contributed by atoms with Crippen molar-refractivity contribution in [2.45, 2.75) is 65.9 Å². The van der Waals surface area contributed by atoms with E-state index in [0.29, 0.717) is 17.8 Å². The van der Waals surface area contributed by atoms with E-state index in [2.05, 4.69) is 26.8 Å². The Kier molecular flexibility index (Phi) is 4.33. The molecule has 0 atom stereocenters. The number of hydrogen-bond donors (Lipinski definition) is 1. The first kappa shape index (κ1) is 17.2. The molecule has 1 N–H and O–H groups in total. The number of methoxy groups -OCH3 is 1. The molecule has 2 aliphatic rings. The number of aliphatic hydroxyl groups is 1. The molecule has 0 aromatic heterocycles. The maximum Gasteiger partial charge on any atom is 0.167 e. The van der Waals surface area contributed by atoms with E-state index in [4.69, 9.17) is 4.74 Å². The Labute approximate surface area is 144 Å². The zero-order chi connectivity index (χ0) is 17.6.